The lowest BCUT2D eigenvalue weighted by Gasteiger charge is -2.09. The minimum Gasteiger partial charge on any atom is -0.322 e. The standard InChI is InChI=1S/C20H15N3O3S/c21-14-15-5-4-8-18(13-15)22-20(24)16-9-11-19(12-10-16)27(25,26)23-17-6-2-1-3-7-17/h1-13,23H,(H,22,24). The minimum atomic E-state index is -3.74. The van der Waals surface area contributed by atoms with Crippen molar-refractivity contribution in [3.63, 3.8) is 0 Å². The van der Waals surface area contributed by atoms with Crippen LogP contribution in [-0.2, 0) is 10.0 Å². The highest BCUT2D eigenvalue weighted by Crippen LogP contribution is 2.17. The van der Waals surface area contributed by atoms with Crippen LogP contribution in [0.1, 0.15) is 15.9 Å². The fourth-order valence-electron chi connectivity index (χ4n) is 2.38. The maximum Gasteiger partial charge on any atom is 0.261 e. The number of nitrogens with zero attached hydrogens (tertiary/aromatic N) is 1. The van der Waals surface area contributed by atoms with Crippen LogP contribution in [0.2, 0.25) is 0 Å². The normalized spacial score (nSPS) is 10.6. The molecule has 0 aromatic heterocycles. The van der Waals surface area contributed by atoms with Gasteiger partial charge < -0.3 is 5.32 Å². The zero-order valence-electron chi connectivity index (χ0n) is 14.1. The summed E-state index contributed by atoms with van der Waals surface area (Å²) in [5.41, 5.74) is 1.68. The third-order valence-electron chi connectivity index (χ3n) is 3.70. The first-order valence-corrected chi connectivity index (χ1v) is 9.46. The van der Waals surface area contributed by atoms with E-state index in [2.05, 4.69) is 10.0 Å². The molecule has 134 valence electrons. The van der Waals surface area contributed by atoms with Crippen LogP contribution in [0.3, 0.4) is 0 Å². The highest BCUT2D eigenvalue weighted by atomic mass is 32.2. The number of nitrogens with one attached hydrogen (secondary N) is 2. The van der Waals surface area contributed by atoms with E-state index in [0.29, 0.717) is 22.5 Å². The quantitative estimate of drug-likeness (QED) is 0.709. The van der Waals surface area contributed by atoms with Crippen molar-refractivity contribution in [1.82, 2.24) is 0 Å². The van der Waals surface area contributed by atoms with E-state index >= 15 is 0 Å². The van der Waals surface area contributed by atoms with Crippen LogP contribution in [-0.4, -0.2) is 14.3 Å². The summed E-state index contributed by atoms with van der Waals surface area (Å²) in [7, 11) is -3.74. The summed E-state index contributed by atoms with van der Waals surface area (Å²) in [6.45, 7) is 0. The fraction of sp³-hybridized carbons (Fsp3) is 0. The Morgan fingerprint density at radius 1 is 0.852 bits per heavy atom. The molecule has 0 spiro atoms. The summed E-state index contributed by atoms with van der Waals surface area (Å²) in [4.78, 5) is 12.4. The van der Waals surface area contributed by atoms with Gasteiger partial charge in [-0.2, -0.15) is 5.26 Å². The number of nitriles is 1. The molecule has 6 nitrogen and oxygen atoms in total. The number of hydrogen-bond donors (Lipinski definition) is 2. The molecule has 0 atom stereocenters. The van der Waals surface area contributed by atoms with Crippen molar-refractivity contribution in [2.45, 2.75) is 4.90 Å². The van der Waals surface area contributed by atoms with Gasteiger partial charge in [0.25, 0.3) is 15.9 Å². The molecule has 0 aliphatic rings. The van der Waals surface area contributed by atoms with Crippen molar-refractivity contribution in [1.29, 1.82) is 5.26 Å². The molecule has 0 aliphatic carbocycles. The third kappa shape index (κ3) is 4.51. The molecule has 3 aromatic rings. The predicted molar refractivity (Wildman–Crippen MR) is 103 cm³/mol. The van der Waals surface area contributed by atoms with E-state index in [9.17, 15) is 13.2 Å². The first-order chi connectivity index (χ1) is 13.0. The van der Waals surface area contributed by atoms with Crippen molar-refractivity contribution in [3.05, 3.63) is 90.0 Å². The van der Waals surface area contributed by atoms with Gasteiger partial charge in [0.1, 0.15) is 0 Å². The number of benzene rings is 3. The molecule has 7 heteroatoms. The largest absolute Gasteiger partial charge is 0.322 e. The number of sulfonamides is 1. The number of hydrogen-bond acceptors (Lipinski definition) is 4. The van der Waals surface area contributed by atoms with Gasteiger partial charge in [0.15, 0.2) is 0 Å². The molecule has 0 saturated heterocycles. The zero-order chi connectivity index (χ0) is 19.3. The lowest BCUT2D eigenvalue weighted by Crippen LogP contribution is -2.14. The maximum atomic E-state index is 12.4. The Labute approximate surface area is 157 Å². The summed E-state index contributed by atoms with van der Waals surface area (Å²) in [6, 6.07) is 22.7. The van der Waals surface area contributed by atoms with E-state index in [1.165, 1.54) is 24.3 Å². The molecule has 0 saturated carbocycles. The van der Waals surface area contributed by atoms with Crippen LogP contribution in [0.4, 0.5) is 11.4 Å². The summed E-state index contributed by atoms with van der Waals surface area (Å²) in [5, 5.41) is 11.6. The van der Waals surface area contributed by atoms with Gasteiger partial charge in [-0.25, -0.2) is 8.42 Å². The number of anilines is 2. The molecule has 3 rings (SSSR count). The molecule has 3 aromatic carbocycles. The van der Waals surface area contributed by atoms with Gasteiger partial charge in [0, 0.05) is 16.9 Å². The first kappa shape index (κ1) is 18.2. The number of rotatable bonds is 5. The monoisotopic (exact) mass is 377 g/mol. The number of amides is 1. The predicted octanol–water partition coefficient (Wildman–Crippen LogP) is 3.61. The van der Waals surface area contributed by atoms with Gasteiger partial charge in [-0.3, -0.25) is 9.52 Å². The molecule has 0 bridgehead atoms. The number of carbonyl (C=O) groups excluding carboxylic acids is 1. The summed E-state index contributed by atoms with van der Waals surface area (Å²) in [6.07, 6.45) is 0. The molecule has 1 amide bonds. The average Bonchev–Trinajstić information content (AvgIpc) is 2.68. The molecule has 0 radical (unpaired) electrons. The molecule has 27 heavy (non-hydrogen) atoms. The molecule has 0 aliphatic heterocycles. The van der Waals surface area contributed by atoms with Gasteiger partial charge in [-0.05, 0) is 54.6 Å². The Morgan fingerprint density at radius 2 is 1.52 bits per heavy atom. The Hall–Kier alpha value is -3.63. The SMILES string of the molecule is N#Cc1cccc(NC(=O)c2ccc(S(=O)(=O)Nc3ccccc3)cc2)c1. The van der Waals surface area contributed by atoms with E-state index in [4.69, 9.17) is 5.26 Å². The fourth-order valence-corrected chi connectivity index (χ4v) is 3.43. The summed E-state index contributed by atoms with van der Waals surface area (Å²) < 4.78 is 27.3. The zero-order valence-corrected chi connectivity index (χ0v) is 14.9. The average molecular weight is 377 g/mol. The second-order valence-electron chi connectivity index (χ2n) is 5.64. The van der Waals surface area contributed by atoms with Crippen molar-refractivity contribution >= 4 is 27.3 Å². The van der Waals surface area contributed by atoms with Crippen LogP contribution in [0.15, 0.2) is 83.8 Å². The second kappa shape index (κ2) is 7.72. The van der Waals surface area contributed by atoms with Gasteiger partial charge in [0.2, 0.25) is 0 Å². The Bertz CT molecular complexity index is 1100. The Balaban J connectivity index is 1.74. The summed E-state index contributed by atoms with van der Waals surface area (Å²) >= 11 is 0. The molecular weight excluding hydrogens is 362 g/mol. The molecule has 2 N–H and O–H groups in total. The molecular formula is C20H15N3O3S. The van der Waals surface area contributed by atoms with E-state index in [-0.39, 0.29) is 4.90 Å². The Kier molecular flexibility index (Phi) is 5.20. The van der Waals surface area contributed by atoms with Crippen molar-refractivity contribution < 1.29 is 13.2 Å². The van der Waals surface area contributed by atoms with Crippen molar-refractivity contribution in [2.75, 3.05) is 10.0 Å². The van der Waals surface area contributed by atoms with Crippen LogP contribution in [0.5, 0.6) is 0 Å². The van der Waals surface area contributed by atoms with Gasteiger partial charge in [-0.15, -0.1) is 0 Å². The van der Waals surface area contributed by atoms with Gasteiger partial charge >= 0.3 is 0 Å². The van der Waals surface area contributed by atoms with Gasteiger partial charge in [-0.1, -0.05) is 24.3 Å². The van der Waals surface area contributed by atoms with Crippen molar-refractivity contribution in [2.24, 2.45) is 0 Å². The number of carbonyl (C=O) groups is 1. The summed E-state index contributed by atoms with van der Waals surface area (Å²) in [5.74, 6) is -0.398. The van der Waals surface area contributed by atoms with Crippen LogP contribution >= 0.6 is 0 Å². The molecule has 0 heterocycles. The smallest absolute Gasteiger partial charge is 0.261 e. The van der Waals surface area contributed by atoms with Crippen LogP contribution < -0.4 is 10.0 Å². The Morgan fingerprint density at radius 3 is 2.19 bits per heavy atom. The highest BCUT2D eigenvalue weighted by Gasteiger charge is 2.15. The van der Waals surface area contributed by atoms with E-state index < -0.39 is 15.9 Å². The first-order valence-electron chi connectivity index (χ1n) is 7.97. The minimum absolute atomic E-state index is 0.0504. The topological polar surface area (TPSA) is 99.1 Å². The van der Waals surface area contributed by atoms with Gasteiger partial charge in [0.05, 0.1) is 16.5 Å². The molecule has 0 unspecified atom stereocenters. The highest BCUT2D eigenvalue weighted by molar-refractivity contribution is 7.92. The lowest BCUT2D eigenvalue weighted by atomic mass is 10.2. The number of para-hydroxylation sites is 1. The maximum absolute atomic E-state index is 12.4. The van der Waals surface area contributed by atoms with Crippen LogP contribution in [0, 0.1) is 11.3 Å². The van der Waals surface area contributed by atoms with Crippen molar-refractivity contribution in [3.8, 4) is 6.07 Å². The molecule has 0 fully saturated rings. The lowest BCUT2D eigenvalue weighted by molar-refractivity contribution is 0.102. The third-order valence-corrected chi connectivity index (χ3v) is 5.10. The van der Waals surface area contributed by atoms with E-state index in [0.717, 1.165) is 0 Å². The van der Waals surface area contributed by atoms with E-state index in [1.54, 1.807) is 54.6 Å². The van der Waals surface area contributed by atoms with Crippen LogP contribution in [0.25, 0.3) is 0 Å². The second-order valence-corrected chi connectivity index (χ2v) is 7.33. The van der Waals surface area contributed by atoms with E-state index in [1.807, 2.05) is 6.07 Å².